The molecular formula is C41H27N3. The van der Waals surface area contributed by atoms with E-state index in [1.54, 1.807) is 0 Å². The van der Waals surface area contributed by atoms with Crippen LogP contribution in [-0.4, -0.2) is 15.0 Å². The lowest BCUT2D eigenvalue weighted by atomic mass is 9.94. The van der Waals surface area contributed by atoms with Gasteiger partial charge < -0.3 is 0 Å². The zero-order valence-electron chi connectivity index (χ0n) is 23.9. The first-order chi connectivity index (χ1) is 21.8. The average molecular weight is 562 g/mol. The van der Waals surface area contributed by atoms with Gasteiger partial charge in [0.2, 0.25) is 0 Å². The monoisotopic (exact) mass is 561 g/mol. The lowest BCUT2D eigenvalue weighted by Crippen LogP contribution is -2.01. The van der Waals surface area contributed by atoms with E-state index in [2.05, 4.69) is 152 Å². The van der Waals surface area contributed by atoms with Gasteiger partial charge in [0.15, 0.2) is 17.5 Å². The molecule has 0 spiro atoms. The Morgan fingerprint density at radius 2 is 0.750 bits per heavy atom. The minimum Gasteiger partial charge on any atom is -0.208 e. The number of rotatable bonds is 5. The molecule has 3 heteroatoms. The van der Waals surface area contributed by atoms with Crippen LogP contribution in [0.1, 0.15) is 0 Å². The Morgan fingerprint density at radius 3 is 1.48 bits per heavy atom. The molecule has 44 heavy (non-hydrogen) atoms. The summed E-state index contributed by atoms with van der Waals surface area (Å²) in [5.74, 6) is 1.95. The van der Waals surface area contributed by atoms with E-state index < -0.39 is 0 Å². The SMILES string of the molecule is c1ccc(-c2ccc(-c3nc(-c4ccc5ccccc5c4)nc(-c4ccc(-c5ccccc5)c5ccccc45)n3)cc2)cc1. The molecule has 0 amide bonds. The highest BCUT2D eigenvalue weighted by Crippen LogP contribution is 2.36. The van der Waals surface area contributed by atoms with Gasteiger partial charge in [-0.1, -0.05) is 152 Å². The molecule has 0 saturated carbocycles. The largest absolute Gasteiger partial charge is 0.208 e. The van der Waals surface area contributed by atoms with Gasteiger partial charge in [-0.3, -0.25) is 0 Å². The maximum absolute atomic E-state index is 5.10. The van der Waals surface area contributed by atoms with Gasteiger partial charge in [0.25, 0.3) is 0 Å². The second kappa shape index (κ2) is 11.0. The van der Waals surface area contributed by atoms with Crippen LogP contribution in [0.3, 0.4) is 0 Å². The van der Waals surface area contributed by atoms with Gasteiger partial charge in [-0.25, -0.2) is 15.0 Å². The van der Waals surface area contributed by atoms with Crippen molar-refractivity contribution in [1.29, 1.82) is 0 Å². The highest BCUT2D eigenvalue weighted by atomic mass is 15.0. The van der Waals surface area contributed by atoms with E-state index in [1.807, 2.05) is 12.1 Å². The Bertz CT molecular complexity index is 2260. The fourth-order valence-electron chi connectivity index (χ4n) is 5.89. The summed E-state index contributed by atoms with van der Waals surface area (Å²) in [5, 5.41) is 4.61. The number of aromatic nitrogens is 3. The smallest absolute Gasteiger partial charge is 0.164 e. The third kappa shape index (κ3) is 4.81. The predicted octanol–water partition coefficient (Wildman–Crippen LogP) is 10.5. The molecule has 8 aromatic rings. The molecule has 0 unspecified atom stereocenters. The van der Waals surface area contributed by atoms with Crippen LogP contribution in [0.4, 0.5) is 0 Å². The summed E-state index contributed by atoms with van der Waals surface area (Å²) in [4.78, 5) is 15.2. The summed E-state index contributed by atoms with van der Waals surface area (Å²) < 4.78 is 0. The van der Waals surface area contributed by atoms with E-state index in [4.69, 9.17) is 15.0 Å². The molecule has 1 aromatic heterocycles. The van der Waals surface area contributed by atoms with Crippen LogP contribution in [0.5, 0.6) is 0 Å². The van der Waals surface area contributed by atoms with Crippen molar-refractivity contribution in [3.8, 4) is 56.4 Å². The standard InChI is InChI=1S/C41H27N3/c1-3-11-28(12-4-1)30-19-22-32(23-20-30)39-42-40(34-24-21-29-13-7-8-16-33(29)27-34)44-41(43-39)38-26-25-35(31-14-5-2-6-15-31)36-17-9-10-18-37(36)38/h1-27H. The number of fused-ring (bicyclic) bond motifs is 2. The summed E-state index contributed by atoms with van der Waals surface area (Å²) in [7, 11) is 0. The van der Waals surface area contributed by atoms with Crippen molar-refractivity contribution in [3.63, 3.8) is 0 Å². The Labute approximate surface area is 256 Å². The van der Waals surface area contributed by atoms with Crippen molar-refractivity contribution in [3.05, 3.63) is 164 Å². The maximum atomic E-state index is 5.10. The molecule has 0 fully saturated rings. The highest BCUT2D eigenvalue weighted by Gasteiger charge is 2.16. The fourth-order valence-corrected chi connectivity index (χ4v) is 5.89. The molecule has 0 atom stereocenters. The van der Waals surface area contributed by atoms with Gasteiger partial charge in [0.05, 0.1) is 0 Å². The van der Waals surface area contributed by atoms with Crippen molar-refractivity contribution >= 4 is 21.5 Å². The van der Waals surface area contributed by atoms with Crippen LogP contribution in [0.2, 0.25) is 0 Å². The number of benzene rings is 7. The van der Waals surface area contributed by atoms with Gasteiger partial charge in [0.1, 0.15) is 0 Å². The summed E-state index contributed by atoms with van der Waals surface area (Å²) >= 11 is 0. The van der Waals surface area contributed by atoms with Crippen LogP contribution in [0, 0.1) is 0 Å². The molecule has 0 aliphatic carbocycles. The fraction of sp³-hybridized carbons (Fsp3) is 0. The van der Waals surface area contributed by atoms with Crippen LogP contribution >= 0.6 is 0 Å². The molecule has 3 nitrogen and oxygen atoms in total. The van der Waals surface area contributed by atoms with Gasteiger partial charge in [-0.15, -0.1) is 0 Å². The molecule has 0 saturated heterocycles. The van der Waals surface area contributed by atoms with E-state index in [-0.39, 0.29) is 0 Å². The summed E-state index contributed by atoms with van der Waals surface area (Å²) in [6, 6.07) is 57.0. The molecule has 0 aliphatic heterocycles. The van der Waals surface area contributed by atoms with Crippen LogP contribution in [0.15, 0.2) is 164 Å². The Kier molecular flexibility index (Phi) is 6.47. The first-order valence-electron chi connectivity index (χ1n) is 14.8. The van der Waals surface area contributed by atoms with E-state index in [1.165, 1.54) is 22.1 Å². The van der Waals surface area contributed by atoms with Crippen LogP contribution in [-0.2, 0) is 0 Å². The molecule has 0 bridgehead atoms. The van der Waals surface area contributed by atoms with E-state index in [0.717, 1.165) is 38.4 Å². The zero-order valence-corrected chi connectivity index (χ0v) is 23.9. The Morgan fingerprint density at radius 1 is 0.273 bits per heavy atom. The minimum atomic E-state index is 0.647. The predicted molar refractivity (Wildman–Crippen MR) is 182 cm³/mol. The van der Waals surface area contributed by atoms with Crippen molar-refractivity contribution in [1.82, 2.24) is 15.0 Å². The van der Waals surface area contributed by atoms with Gasteiger partial charge in [-0.05, 0) is 55.9 Å². The first kappa shape index (κ1) is 25.8. The number of nitrogens with zero attached hydrogens (tertiary/aromatic N) is 3. The molecule has 206 valence electrons. The van der Waals surface area contributed by atoms with E-state index in [0.29, 0.717) is 17.5 Å². The topological polar surface area (TPSA) is 38.7 Å². The highest BCUT2D eigenvalue weighted by molar-refractivity contribution is 6.04. The molecule has 7 aromatic carbocycles. The maximum Gasteiger partial charge on any atom is 0.164 e. The summed E-state index contributed by atoms with van der Waals surface area (Å²) in [6.07, 6.45) is 0. The van der Waals surface area contributed by atoms with Crippen LogP contribution < -0.4 is 0 Å². The van der Waals surface area contributed by atoms with Gasteiger partial charge in [-0.2, -0.15) is 0 Å². The normalized spacial score (nSPS) is 11.2. The van der Waals surface area contributed by atoms with Crippen molar-refractivity contribution in [2.75, 3.05) is 0 Å². The number of hydrogen-bond donors (Lipinski definition) is 0. The number of hydrogen-bond acceptors (Lipinski definition) is 3. The minimum absolute atomic E-state index is 0.647. The third-order valence-electron chi connectivity index (χ3n) is 8.14. The molecule has 0 aliphatic rings. The second-order valence-corrected chi connectivity index (χ2v) is 10.9. The molecule has 8 rings (SSSR count). The Hall–Kier alpha value is -5.93. The third-order valence-corrected chi connectivity index (χ3v) is 8.14. The van der Waals surface area contributed by atoms with E-state index >= 15 is 0 Å². The molecule has 0 N–H and O–H groups in total. The van der Waals surface area contributed by atoms with Crippen LogP contribution in [0.25, 0.3) is 78.0 Å². The quantitative estimate of drug-likeness (QED) is 0.210. The molecule has 1 heterocycles. The molecule has 0 radical (unpaired) electrons. The first-order valence-corrected chi connectivity index (χ1v) is 14.8. The van der Waals surface area contributed by atoms with Crippen molar-refractivity contribution < 1.29 is 0 Å². The average Bonchev–Trinajstić information content (AvgIpc) is 3.11. The zero-order chi connectivity index (χ0) is 29.3. The summed E-state index contributed by atoms with van der Waals surface area (Å²) in [6.45, 7) is 0. The van der Waals surface area contributed by atoms with Gasteiger partial charge >= 0.3 is 0 Å². The lowest BCUT2D eigenvalue weighted by Gasteiger charge is -2.13. The Balaban J connectivity index is 1.31. The second-order valence-electron chi connectivity index (χ2n) is 10.9. The molecular weight excluding hydrogens is 534 g/mol. The summed E-state index contributed by atoms with van der Waals surface area (Å²) in [5.41, 5.74) is 7.58. The lowest BCUT2D eigenvalue weighted by molar-refractivity contribution is 1.08. The van der Waals surface area contributed by atoms with Crippen molar-refractivity contribution in [2.45, 2.75) is 0 Å². The van der Waals surface area contributed by atoms with Crippen molar-refractivity contribution in [2.24, 2.45) is 0 Å². The van der Waals surface area contributed by atoms with E-state index in [9.17, 15) is 0 Å². The van der Waals surface area contributed by atoms with Gasteiger partial charge in [0, 0.05) is 16.7 Å².